The molecule has 1 saturated heterocycles. The van der Waals surface area contributed by atoms with E-state index in [9.17, 15) is 9.59 Å². The van der Waals surface area contributed by atoms with Crippen molar-refractivity contribution in [2.24, 2.45) is 0 Å². The Hall–Kier alpha value is -1.95. The first-order valence-corrected chi connectivity index (χ1v) is 7.86. The first-order valence-electron chi connectivity index (χ1n) is 6.71. The minimum atomic E-state index is -0.696. The maximum atomic E-state index is 12.0. The van der Waals surface area contributed by atoms with E-state index >= 15 is 0 Å². The molecule has 2 amide bonds. The lowest BCUT2D eigenvalue weighted by Gasteiger charge is -2.31. The third-order valence-corrected chi connectivity index (χ3v) is 4.32. The molecule has 5 nitrogen and oxygen atoms in total. The van der Waals surface area contributed by atoms with Gasteiger partial charge in [-0.15, -0.1) is 0 Å². The number of amides is 2. The SMILES string of the molecule is C=C1NC(CSCc2ccccc2)C(=O)NC1C(=O)NC. The van der Waals surface area contributed by atoms with Crippen molar-refractivity contribution in [1.29, 1.82) is 0 Å². The number of nitrogens with one attached hydrogen (secondary N) is 3. The van der Waals surface area contributed by atoms with Crippen molar-refractivity contribution in [1.82, 2.24) is 16.0 Å². The van der Waals surface area contributed by atoms with Gasteiger partial charge >= 0.3 is 0 Å². The molecule has 1 aliphatic rings. The Balaban J connectivity index is 1.84. The monoisotopic (exact) mass is 305 g/mol. The van der Waals surface area contributed by atoms with Crippen molar-refractivity contribution >= 4 is 23.6 Å². The number of likely N-dealkylation sites (N-methyl/N-ethyl adjacent to an activating group) is 1. The van der Waals surface area contributed by atoms with Crippen molar-refractivity contribution in [3.8, 4) is 0 Å². The second-order valence-electron chi connectivity index (χ2n) is 4.78. The highest BCUT2D eigenvalue weighted by Crippen LogP contribution is 2.15. The van der Waals surface area contributed by atoms with Crippen LogP contribution in [0.3, 0.4) is 0 Å². The second kappa shape index (κ2) is 7.17. The van der Waals surface area contributed by atoms with Crippen LogP contribution in [-0.4, -0.2) is 36.7 Å². The van der Waals surface area contributed by atoms with Gasteiger partial charge in [-0.25, -0.2) is 0 Å². The predicted octanol–water partition coefficient (Wildman–Crippen LogP) is 0.636. The van der Waals surface area contributed by atoms with Gasteiger partial charge in [0.1, 0.15) is 12.1 Å². The molecule has 0 spiro atoms. The van der Waals surface area contributed by atoms with Crippen LogP contribution in [0.5, 0.6) is 0 Å². The van der Waals surface area contributed by atoms with Crippen LogP contribution in [-0.2, 0) is 15.3 Å². The summed E-state index contributed by atoms with van der Waals surface area (Å²) >= 11 is 1.67. The molecule has 0 radical (unpaired) electrons. The molecule has 0 aliphatic carbocycles. The molecule has 21 heavy (non-hydrogen) atoms. The average molecular weight is 305 g/mol. The molecule has 1 fully saturated rings. The molecule has 2 unspecified atom stereocenters. The highest BCUT2D eigenvalue weighted by atomic mass is 32.2. The molecular formula is C15H19N3O2S. The third-order valence-electron chi connectivity index (χ3n) is 3.22. The fourth-order valence-electron chi connectivity index (χ4n) is 2.06. The van der Waals surface area contributed by atoms with Gasteiger partial charge in [0.15, 0.2) is 0 Å². The van der Waals surface area contributed by atoms with Crippen LogP contribution in [0.1, 0.15) is 5.56 Å². The summed E-state index contributed by atoms with van der Waals surface area (Å²) < 4.78 is 0. The normalized spacial score (nSPS) is 21.4. The summed E-state index contributed by atoms with van der Waals surface area (Å²) in [6.45, 7) is 3.82. The van der Waals surface area contributed by atoms with E-state index in [2.05, 4.69) is 34.7 Å². The van der Waals surface area contributed by atoms with Crippen molar-refractivity contribution in [3.05, 3.63) is 48.2 Å². The van der Waals surface area contributed by atoms with Gasteiger partial charge in [0.2, 0.25) is 11.8 Å². The van der Waals surface area contributed by atoms with E-state index in [0.717, 1.165) is 5.75 Å². The van der Waals surface area contributed by atoms with Gasteiger partial charge in [0.25, 0.3) is 0 Å². The van der Waals surface area contributed by atoms with Gasteiger partial charge in [-0.05, 0) is 5.56 Å². The first kappa shape index (κ1) is 15.4. The van der Waals surface area contributed by atoms with E-state index in [1.165, 1.54) is 12.6 Å². The Morgan fingerprint density at radius 3 is 2.71 bits per heavy atom. The zero-order chi connectivity index (χ0) is 15.2. The quantitative estimate of drug-likeness (QED) is 0.746. The third kappa shape index (κ3) is 4.01. The molecule has 3 N–H and O–H groups in total. The Kier molecular flexibility index (Phi) is 5.27. The Morgan fingerprint density at radius 1 is 1.33 bits per heavy atom. The van der Waals surface area contributed by atoms with E-state index in [1.54, 1.807) is 11.8 Å². The van der Waals surface area contributed by atoms with E-state index in [0.29, 0.717) is 11.4 Å². The Bertz CT molecular complexity index is 533. The minimum absolute atomic E-state index is 0.170. The van der Waals surface area contributed by atoms with Crippen molar-refractivity contribution in [3.63, 3.8) is 0 Å². The van der Waals surface area contributed by atoms with Crippen LogP contribution in [0.15, 0.2) is 42.6 Å². The highest BCUT2D eigenvalue weighted by Gasteiger charge is 2.33. The topological polar surface area (TPSA) is 70.2 Å². The van der Waals surface area contributed by atoms with Crippen molar-refractivity contribution in [2.45, 2.75) is 17.8 Å². The second-order valence-corrected chi connectivity index (χ2v) is 5.81. The molecule has 0 aromatic heterocycles. The van der Waals surface area contributed by atoms with Crippen LogP contribution in [0.4, 0.5) is 0 Å². The van der Waals surface area contributed by atoms with Crippen LogP contribution in [0, 0.1) is 0 Å². The number of rotatable bonds is 5. The maximum absolute atomic E-state index is 12.0. The Labute approximate surface area is 128 Å². The maximum Gasteiger partial charge on any atom is 0.248 e. The summed E-state index contributed by atoms with van der Waals surface area (Å²) in [6.07, 6.45) is 0. The van der Waals surface area contributed by atoms with Gasteiger partial charge in [-0.2, -0.15) is 11.8 Å². The lowest BCUT2D eigenvalue weighted by molar-refractivity contribution is -0.130. The summed E-state index contributed by atoms with van der Waals surface area (Å²) in [6, 6.07) is 9.04. The standard InChI is InChI=1S/C15H19N3O2S/c1-10-13(15(20)16-2)18-14(19)12(17-10)9-21-8-11-6-4-3-5-7-11/h3-7,12-13,17H,1,8-9H2,2H3,(H,16,20)(H,18,19). The van der Waals surface area contributed by atoms with E-state index in [-0.39, 0.29) is 17.9 Å². The molecule has 0 saturated carbocycles. The van der Waals surface area contributed by atoms with Gasteiger partial charge < -0.3 is 16.0 Å². The molecule has 6 heteroatoms. The molecule has 1 aromatic carbocycles. The lowest BCUT2D eigenvalue weighted by atomic mass is 10.1. The molecule has 2 rings (SSSR count). The van der Waals surface area contributed by atoms with Gasteiger partial charge in [-0.1, -0.05) is 36.9 Å². The molecule has 1 aromatic rings. The van der Waals surface area contributed by atoms with Crippen molar-refractivity contribution in [2.75, 3.05) is 12.8 Å². The Morgan fingerprint density at radius 2 is 2.05 bits per heavy atom. The zero-order valence-corrected chi connectivity index (χ0v) is 12.7. The highest BCUT2D eigenvalue weighted by molar-refractivity contribution is 7.98. The van der Waals surface area contributed by atoms with Crippen LogP contribution in [0.25, 0.3) is 0 Å². The summed E-state index contributed by atoms with van der Waals surface area (Å²) in [7, 11) is 1.53. The summed E-state index contributed by atoms with van der Waals surface area (Å²) in [5.74, 6) is 1.03. The number of carbonyl (C=O) groups is 2. The lowest BCUT2D eigenvalue weighted by Crippen LogP contribution is -2.61. The fourth-order valence-corrected chi connectivity index (χ4v) is 3.07. The van der Waals surface area contributed by atoms with E-state index in [4.69, 9.17) is 0 Å². The smallest absolute Gasteiger partial charge is 0.248 e. The molecular weight excluding hydrogens is 286 g/mol. The van der Waals surface area contributed by atoms with Crippen LogP contribution in [0.2, 0.25) is 0 Å². The molecule has 1 heterocycles. The number of carbonyl (C=O) groups excluding carboxylic acids is 2. The predicted molar refractivity (Wildman–Crippen MR) is 84.7 cm³/mol. The number of hydrogen-bond acceptors (Lipinski definition) is 4. The number of hydrogen-bond donors (Lipinski definition) is 3. The van der Waals surface area contributed by atoms with Crippen molar-refractivity contribution < 1.29 is 9.59 Å². The van der Waals surface area contributed by atoms with Gasteiger partial charge in [-0.3, -0.25) is 9.59 Å². The number of benzene rings is 1. The minimum Gasteiger partial charge on any atom is -0.375 e. The van der Waals surface area contributed by atoms with Crippen LogP contribution >= 0.6 is 11.8 Å². The summed E-state index contributed by atoms with van der Waals surface area (Å²) in [4.78, 5) is 23.6. The molecule has 1 aliphatic heterocycles. The largest absolute Gasteiger partial charge is 0.375 e. The number of thioether (sulfide) groups is 1. The average Bonchev–Trinajstić information content (AvgIpc) is 2.50. The fraction of sp³-hybridized carbons (Fsp3) is 0.333. The van der Waals surface area contributed by atoms with E-state index in [1.807, 2.05) is 18.2 Å². The molecule has 2 atom stereocenters. The zero-order valence-electron chi connectivity index (χ0n) is 11.9. The summed E-state index contributed by atoms with van der Waals surface area (Å²) in [5, 5.41) is 8.22. The van der Waals surface area contributed by atoms with Crippen LogP contribution < -0.4 is 16.0 Å². The molecule has 112 valence electrons. The van der Waals surface area contributed by atoms with Gasteiger partial charge in [0.05, 0.1) is 0 Å². The molecule has 0 bridgehead atoms. The van der Waals surface area contributed by atoms with Gasteiger partial charge in [0, 0.05) is 24.3 Å². The summed E-state index contributed by atoms with van der Waals surface area (Å²) in [5.41, 5.74) is 1.75. The first-order chi connectivity index (χ1) is 10.1. The van der Waals surface area contributed by atoms with E-state index < -0.39 is 6.04 Å². The number of piperazine rings is 1.